The van der Waals surface area contributed by atoms with Crippen LogP contribution < -0.4 is 0 Å². The number of halogens is 6. The van der Waals surface area contributed by atoms with Gasteiger partial charge in [-0.25, -0.2) is 0 Å². The molecular formula is C11H16F6O2. The third-order valence-corrected chi connectivity index (χ3v) is 2.48. The Morgan fingerprint density at radius 2 is 1.32 bits per heavy atom. The van der Waals surface area contributed by atoms with Crippen LogP contribution in [0.1, 0.15) is 34.1 Å². The molecule has 0 fully saturated rings. The van der Waals surface area contributed by atoms with Crippen molar-refractivity contribution in [3.8, 4) is 0 Å². The zero-order valence-corrected chi connectivity index (χ0v) is 11.0. The Morgan fingerprint density at radius 1 is 0.947 bits per heavy atom. The van der Waals surface area contributed by atoms with Crippen LogP contribution in [0.15, 0.2) is 0 Å². The minimum Gasteiger partial charge on any atom is -0.464 e. The summed E-state index contributed by atoms with van der Waals surface area (Å²) >= 11 is 0. The summed E-state index contributed by atoms with van der Waals surface area (Å²) in [4.78, 5) is 11.4. The summed E-state index contributed by atoms with van der Waals surface area (Å²) in [6.45, 7) is 4.69. The lowest BCUT2D eigenvalue weighted by atomic mass is 9.83. The number of alkyl halides is 6. The molecule has 0 aromatic heterocycles. The van der Waals surface area contributed by atoms with E-state index < -0.39 is 42.2 Å². The summed E-state index contributed by atoms with van der Waals surface area (Å²) in [7, 11) is 0. The predicted octanol–water partition coefficient (Wildman–Crippen LogP) is 4.10. The smallest absolute Gasteiger partial charge is 0.413 e. The summed E-state index contributed by atoms with van der Waals surface area (Å²) in [6, 6.07) is 0. The average Bonchev–Trinajstić information content (AvgIpc) is 2.10. The topological polar surface area (TPSA) is 26.3 Å². The van der Waals surface area contributed by atoms with Gasteiger partial charge >= 0.3 is 18.3 Å². The van der Waals surface area contributed by atoms with E-state index in [1.165, 1.54) is 20.8 Å². The normalized spacial score (nSPS) is 14.4. The van der Waals surface area contributed by atoms with Crippen molar-refractivity contribution in [2.24, 2.45) is 10.8 Å². The fraction of sp³-hybridized carbons (Fsp3) is 0.909. The lowest BCUT2D eigenvalue weighted by Gasteiger charge is -2.34. The first-order valence-electron chi connectivity index (χ1n) is 5.50. The number of hydrogen-bond donors (Lipinski definition) is 0. The third-order valence-electron chi connectivity index (χ3n) is 2.48. The maximum atomic E-state index is 12.7. The van der Waals surface area contributed by atoms with Gasteiger partial charge in [-0.05, 0) is 11.8 Å². The molecule has 0 aromatic carbocycles. The zero-order chi connectivity index (χ0) is 15.7. The molecule has 0 aliphatic heterocycles. The molecule has 0 amide bonds. The Morgan fingerprint density at radius 3 is 1.53 bits per heavy atom. The van der Waals surface area contributed by atoms with E-state index in [0.29, 0.717) is 6.92 Å². The van der Waals surface area contributed by atoms with E-state index in [-0.39, 0.29) is 0 Å². The van der Waals surface area contributed by atoms with Crippen LogP contribution in [0.2, 0.25) is 0 Å². The maximum Gasteiger partial charge on any atom is 0.413 e. The summed E-state index contributed by atoms with van der Waals surface area (Å²) in [5, 5.41) is 0. The summed E-state index contributed by atoms with van der Waals surface area (Å²) in [6.07, 6.45) is -13.0. The molecule has 0 spiro atoms. The quantitative estimate of drug-likeness (QED) is 0.578. The van der Waals surface area contributed by atoms with Crippen LogP contribution in [0.5, 0.6) is 0 Å². The van der Waals surface area contributed by atoms with Crippen LogP contribution >= 0.6 is 0 Å². The fourth-order valence-corrected chi connectivity index (χ4v) is 1.34. The molecule has 0 unspecified atom stereocenters. The fourth-order valence-electron chi connectivity index (χ4n) is 1.34. The zero-order valence-electron chi connectivity index (χ0n) is 11.0. The van der Waals surface area contributed by atoms with Crippen molar-refractivity contribution in [1.82, 2.24) is 0 Å². The van der Waals surface area contributed by atoms with Crippen molar-refractivity contribution in [1.29, 1.82) is 0 Å². The van der Waals surface area contributed by atoms with Crippen molar-refractivity contribution in [2.75, 3.05) is 6.61 Å². The van der Waals surface area contributed by atoms with Crippen molar-refractivity contribution < 1.29 is 35.9 Å². The highest BCUT2D eigenvalue weighted by Gasteiger charge is 2.75. The molecule has 0 saturated carbocycles. The maximum absolute atomic E-state index is 12.7. The standard InChI is InChI=1S/C11H16F6O2/c1-5-9(10(12,13)14,11(15,16)17)7(18)19-6-8(2,3)4/h5-6H2,1-4H3. The van der Waals surface area contributed by atoms with Gasteiger partial charge < -0.3 is 4.74 Å². The molecular weight excluding hydrogens is 278 g/mol. The summed E-state index contributed by atoms with van der Waals surface area (Å²) < 4.78 is 80.6. The van der Waals surface area contributed by atoms with Gasteiger partial charge in [0.1, 0.15) is 0 Å². The van der Waals surface area contributed by atoms with E-state index >= 15 is 0 Å². The van der Waals surface area contributed by atoms with Crippen molar-refractivity contribution >= 4 is 5.97 Å². The van der Waals surface area contributed by atoms with E-state index in [1.807, 2.05) is 0 Å². The molecule has 0 rings (SSSR count). The number of hydrogen-bond acceptors (Lipinski definition) is 2. The van der Waals surface area contributed by atoms with E-state index in [2.05, 4.69) is 4.74 Å². The highest BCUT2D eigenvalue weighted by atomic mass is 19.4. The summed E-state index contributed by atoms with van der Waals surface area (Å²) in [5.41, 5.74) is -5.20. The Balaban J connectivity index is 5.45. The lowest BCUT2D eigenvalue weighted by Crippen LogP contribution is -2.56. The second-order valence-corrected chi connectivity index (χ2v) is 5.39. The van der Waals surface area contributed by atoms with E-state index in [0.717, 1.165) is 0 Å². The van der Waals surface area contributed by atoms with Crippen LogP contribution in [-0.2, 0) is 9.53 Å². The molecule has 19 heavy (non-hydrogen) atoms. The first-order chi connectivity index (χ1) is 8.19. The second kappa shape index (κ2) is 5.20. The Bertz CT molecular complexity index is 310. The number of esters is 1. The molecule has 0 atom stereocenters. The van der Waals surface area contributed by atoms with Crippen molar-refractivity contribution in [3.05, 3.63) is 0 Å². The predicted molar refractivity (Wildman–Crippen MR) is 55.2 cm³/mol. The highest BCUT2D eigenvalue weighted by molar-refractivity contribution is 5.79. The number of carbonyl (C=O) groups is 1. The molecule has 114 valence electrons. The van der Waals surface area contributed by atoms with E-state index in [9.17, 15) is 31.1 Å². The van der Waals surface area contributed by atoms with Gasteiger partial charge in [0.2, 0.25) is 0 Å². The summed E-state index contributed by atoms with van der Waals surface area (Å²) in [5.74, 6) is -2.30. The Hall–Kier alpha value is -0.950. The second-order valence-electron chi connectivity index (χ2n) is 5.39. The van der Waals surface area contributed by atoms with Gasteiger partial charge in [-0.2, -0.15) is 26.3 Å². The number of rotatable bonds is 3. The Kier molecular flexibility index (Phi) is 4.94. The largest absolute Gasteiger partial charge is 0.464 e. The first-order valence-corrected chi connectivity index (χ1v) is 5.50. The van der Waals surface area contributed by atoms with Crippen LogP contribution in [-0.4, -0.2) is 24.9 Å². The average molecular weight is 294 g/mol. The molecule has 0 aliphatic rings. The molecule has 0 saturated heterocycles. The number of carbonyl (C=O) groups excluding carboxylic acids is 1. The molecule has 0 heterocycles. The van der Waals surface area contributed by atoms with Crippen molar-refractivity contribution in [3.63, 3.8) is 0 Å². The van der Waals surface area contributed by atoms with Gasteiger partial charge in [0.25, 0.3) is 5.41 Å². The number of ether oxygens (including phenoxy) is 1. The van der Waals surface area contributed by atoms with E-state index in [1.54, 1.807) is 0 Å². The molecule has 0 bridgehead atoms. The minimum atomic E-state index is -5.75. The Labute approximate surface area is 107 Å². The molecule has 2 nitrogen and oxygen atoms in total. The van der Waals surface area contributed by atoms with Gasteiger partial charge in [0, 0.05) is 0 Å². The van der Waals surface area contributed by atoms with Crippen LogP contribution in [0.4, 0.5) is 26.3 Å². The molecule has 0 aromatic rings. The van der Waals surface area contributed by atoms with Gasteiger partial charge in [-0.3, -0.25) is 4.79 Å². The van der Waals surface area contributed by atoms with Crippen molar-refractivity contribution in [2.45, 2.75) is 46.5 Å². The third kappa shape index (κ3) is 3.76. The minimum absolute atomic E-state index is 0.528. The van der Waals surface area contributed by atoms with Gasteiger partial charge in [-0.15, -0.1) is 0 Å². The van der Waals surface area contributed by atoms with Gasteiger partial charge in [-0.1, -0.05) is 27.7 Å². The monoisotopic (exact) mass is 294 g/mol. The lowest BCUT2D eigenvalue weighted by molar-refractivity contribution is -0.333. The first kappa shape index (κ1) is 18.0. The molecule has 0 N–H and O–H groups in total. The van der Waals surface area contributed by atoms with Crippen LogP contribution in [0.3, 0.4) is 0 Å². The van der Waals surface area contributed by atoms with Crippen LogP contribution in [0, 0.1) is 10.8 Å². The highest BCUT2D eigenvalue weighted by Crippen LogP contribution is 2.53. The molecule has 0 radical (unpaired) electrons. The van der Waals surface area contributed by atoms with Gasteiger partial charge in [0.15, 0.2) is 0 Å². The SMILES string of the molecule is CCC(C(=O)OCC(C)(C)C)(C(F)(F)F)C(F)(F)F. The van der Waals surface area contributed by atoms with Crippen LogP contribution in [0.25, 0.3) is 0 Å². The van der Waals surface area contributed by atoms with E-state index in [4.69, 9.17) is 0 Å². The van der Waals surface area contributed by atoms with Gasteiger partial charge in [0.05, 0.1) is 6.61 Å². The molecule has 8 heteroatoms. The molecule has 0 aliphatic carbocycles.